The minimum atomic E-state index is -0.780. The van der Waals surface area contributed by atoms with Gasteiger partial charge in [-0.3, -0.25) is 4.79 Å². The Morgan fingerprint density at radius 1 is 1.43 bits per heavy atom. The lowest BCUT2D eigenvalue weighted by Gasteiger charge is -2.19. The number of imidazole rings is 1. The van der Waals surface area contributed by atoms with Crippen molar-refractivity contribution in [3.8, 4) is 5.75 Å². The van der Waals surface area contributed by atoms with Gasteiger partial charge in [0, 0.05) is 19.2 Å². The summed E-state index contributed by atoms with van der Waals surface area (Å²) >= 11 is 0. The lowest BCUT2D eigenvalue weighted by Crippen LogP contribution is -2.21. The number of benzene rings is 1. The fourth-order valence-electron chi connectivity index (χ4n) is 2.81. The maximum absolute atomic E-state index is 11.3. The Hall–Kier alpha value is -2.30. The lowest BCUT2D eigenvalue weighted by atomic mass is 9.99. The van der Waals surface area contributed by atoms with E-state index in [2.05, 4.69) is 4.98 Å². The van der Waals surface area contributed by atoms with Crippen molar-refractivity contribution in [2.75, 3.05) is 7.11 Å². The molecule has 1 aromatic carbocycles. The third kappa shape index (κ3) is 2.77. The number of carboxylic acids is 1. The zero-order valence-corrected chi connectivity index (χ0v) is 12.0. The van der Waals surface area contributed by atoms with E-state index < -0.39 is 11.9 Å². The molecule has 0 aliphatic carbocycles. The van der Waals surface area contributed by atoms with Gasteiger partial charge in [0.1, 0.15) is 17.5 Å². The Morgan fingerprint density at radius 3 is 2.86 bits per heavy atom. The molecule has 0 spiro atoms. The highest BCUT2D eigenvalue weighted by Crippen LogP contribution is 2.27. The fourth-order valence-corrected chi connectivity index (χ4v) is 2.81. The Balaban J connectivity index is 1.82. The Morgan fingerprint density at radius 2 is 2.19 bits per heavy atom. The van der Waals surface area contributed by atoms with Crippen LogP contribution in [0.15, 0.2) is 30.5 Å². The van der Waals surface area contributed by atoms with E-state index in [0.29, 0.717) is 18.7 Å². The fraction of sp³-hybridized carbons (Fsp3) is 0.375. The maximum atomic E-state index is 11.3. The van der Waals surface area contributed by atoms with E-state index in [1.54, 1.807) is 7.11 Å². The third-order valence-corrected chi connectivity index (χ3v) is 3.90. The average molecular weight is 286 g/mol. The van der Waals surface area contributed by atoms with Gasteiger partial charge in [0.2, 0.25) is 0 Å². The predicted octanol–water partition coefficient (Wildman–Crippen LogP) is 2.44. The van der Waals surface area contributed by atoms with Crippen LogP contribution in [-0.2, 0) is 17.8 Å². The van der Waals surface area contributed by atoms with Crippen LogP contribution in [0.4, 0.5) is 0 Å². The van der Waals surface area contributed by atoms with Crippen molar-refractivity contribution < 1.29 is 14.6 Å². The summed E-state index contributed by atoms with van der Waals surface area (Å²) in [5.74, 6) is 0.270. The first-order chi connectivity index (χ1) is 10.2. The highest BCUT2D eigenvalue weighted by Gasteiger charge is 2.28. The monoisotopic (exact) mass is 286 g/mol. The summed E-state index contributed by atoms with van der Waals surface area (Å²) in [5, 5.41) is 9.27. The van der Waals surface area contributed by atoms with Gasteiger partial charge in [0.05, 0.1) is 12.8 Å². The van der Waals surface area contributed by atoms with Crippen molar-refractivity contribution >= 4 is 5.97 Å². The molecule has 2 heterocycles. The largest absolute Gasteiger partial charge is 0.497 e. The van der Waals surface area contributed by atoms with Crippen LogP contribution in [0.5, 0.6) is 5.75 Å². The van der Waals surface area contributed by atoms with Crippen LogP contribution < -0.4 is 4.74 Å². The summed E-state index contributed by atoms with van der Waals surface area (Å²) in [5.41, 5.74) is 2.06. The van der Waals surface area contributed by atoms with Crippen molar-refractivity contribution in [1.82, 2.24) is 9.55 Å². The lowest BCUT2D eigenvalue weighted by molar-refractivity contribution is -0.139. The molecule has 1 aromatic heterocycles. The molecule has 1 aliphatic heterocycles. The van der Waals surface area contributed by atoms with E-state index in [1.165, 1.54) is 0 Å². The van der Waals surface area contributed by atoms with E-state index in [9.17, 15) is 9.90 Å². The van der Waals surface area contributed by atoms with Crippen LogP contribution in [0.25, 0.3) is 0 Å². The van der Waals surface area contributed by atoms with Gasteiger partial charge >= 0.3 is 5.97 Å². The van der Waals surface area contributed by atoms with Crippen LogP contribution in [0.3, 0.4) is 0 Å². The summed E-state index contributed by atoms with van der Waals surface area (Å²) in [7, 11) is 1.64. The number of aryl methyl sites for hydroxylation is 1. The Labute approximate surface area is 123 Å². The average Bonchev–Trinajstić information content (AvgIpc) is 2.89. The van der Waals surface area contributed by atoms with Gasteiger partial charge in [-0.1, -0.05) is 12.1 Å². The van der Waals surface area contributed by atoms with Crippen molar-refractivity contribution in [3.05, 3.63) is 47.5 Å². The first kappa shape index (κ1) is 13.7. The summed E-state index contributed by atoms with van der Waals surface area (Å²) in [6.45, 7) is 0.856. The second kappa shape index (κ2) is 5.60. The number of hydrogen-bond acceptors (Lipinski definition) is 3. The molecule has 2 aromatic rings. The van der Waals surface area contributed by atoms with Gasteiger partial charge in [0.15, 0.2) is 0 Å². The molecule has 0 saturated carbocycles. The van der Waals surface area contributed by atoms with Gasteiger partial charge in [-0.25, -0.2) is 4.98 Å². The smallest absolute Gasteiger partial charge is 0.314 e. The van der Waals surface area contributed by atoms with Crippen LogP contribution in [0.2, 0.25) is 0 Å². The summed E-state index contributed by atoms with van der Waals surface area (Å²) in [4.78, 5) is 15.8. The van der Waals surface area contributed by atoms with Crippen molar-refractivity contribution in [2.45, 2.75) is 31.7 Å². The third-order valence-electron chi connectivity index (χ3n) is 3.90. The second-order valence-electron chi connectivity index (χ2n) is 5.34. The summed E-state index contributed by atoms with van der Waals surface area (Å²) < 4.78 is 7.13. The molecule has 3 rings (SSSR count). The van der Waals surface area contributed by atoms with Gasteiger partial charge in [-0.05, 0) is 30.5 Å². The molecule has 21 heavy (non-hydrogen) atoms. The number of methoxy groups -OCH3 is 1. The number of aromatic nitrogens is 2. The minimum absolute atomic E-state index is 0.469. The predicted molar refractivity (Wildman–Crippen MR) is 77.6 cm³/mol. The normalized spacial score (nSPS) is 17.3. The van der Waals surface area contributed by atoms with Gasteiger partial charge in [-0.15, -0.1) is 0 Å². The molecule has 1 N–H and O–H groups in total. The Bertz CT molecular complexity index is 646. The van der Waals surface area contributed by atoms with Gasteiger partial charge in [-0.2, -0.15) is 0 Å². The molecule has 5 nitrogen and oxygen atoms in total. The molecule has 0 fully saturated rings. The molecule has 0 amide bonds. The number of hydrogen-bond donors (Lipinski definition) is 1. The van der Waals surface area contributed by atoms with Crippen molar-refractivity contribution in [3.63, 3.8) is 0 Å². The number of aliphatic carboxylic acids is 1. The molecular weight excluding hydrogens is 268 g/mol. The molecule has 0 saturated heterocycles. The molecule has 110 valence electrons. The molecule has 1 aliphatic rings. The number of carbonyl (C=O) groups is 1. The molecule has 5 heteroatoms. The van der Waals surface area contributed by atoms with Crippen LogP contribution in [0, 0.1) is 0 Å². The Kier molecular flexibility index (Phi) is 3.64. The highest BCUT2D eigenvalue weighted by molar-refractivity contribution is 5.75. The van der Waals surface area contributed by atoms with E-state index >= 15 is 0 Å². The molecule has 0 radical (unpaired) electrons. The molecule has 0 bridgehead atoms. The standard InChI is InChI=1S/C16H18N2O3/c1-21-13-6-4-11(5-7-13)9-12-10-18-8-2-3-14(16(19)20)15(18)17-12/h4-7,10,14H,2-3,8-9H2,1H3,(H,19,20). The van der Waals surface area contributed by atoms with Gasteiger partial charge in [0.25, 0.3) is 0 Å². The van der Waals surface area contributed by atoms with E-state index in [4.69, 9.17) is 4.74 Å². The zero-order valence-electron chi connectivity index (χ0n) is 12.0. The number of ether oxygens (including phenoxy) is 1. The van der Waals surface area contributed by atoms with E-state index in [0.717, 1.165) is 30.0 Å². The minimum Gasteiger partial charge on any atom is -0.497 e. The van der Waals surface area contributed by atoms with Crippen LogP contribution in [-0.4, -0.2) is 27.7 Å². The quantitative estimate of drug-likeness (QED) is 0.937. The zero-order chi connectivity index (χ0) is 14.8. The molecule has 1 unspecified atom stereocenters. The van der Waals surface area contributed by atoms with Crippen molar-refractivity contribution in [1.29, 1.82) is 0 Å². The number of rotatable bonds is 4. The number of carboxylic acid groups (broad SMARTS) is 1. The highest BCUT2D eigenvalue weighted by atomic mass is 16.5. The van der Waals surface area contributed by atoms with E-state index in [1.807, 2.05) is 35.0 Å². The SMILES string of the molecule is COc1ccc(Cc2cn3c(n2)C(C(=O)O)CCC3)cc1. The number of fused-ring (bicyclic) bond motifs is 1. The first-order valence-electron chi connectivity index (χ1n) is 7.09. The number of nitrogens with zero attached hydrogens (tertiary/aromatic N) is 2. The second-order valence-corrected chi connectivity index (χ2v) is 5.34. The first-order valence-corrected chi connectivity index (χ1v) is 7.09. The van der Waals surface area contributed by atoms with Crippen LogP contribution in [0.1, 0.15) is 35.8 Å². The maximum Gasteiger partial charge on any atom is 0.314 e. The molecular formula is C16H18N2O3. The van der Waals surface area contributed by atoms with Gasteiger partial charge < -0.3 is 14.4 Å². The molecule has 1 atom stereocenters. The van der Waals surface area contributed by atoms with E-state index in [-0.39, 0.29) is 0 Å². The topological polar surface area (TPSA) is 64.4 Å². The van der Waals surface area contributed by atoms with Crippen molar-refractivity contribution in [2.24, 2.45) is 0 Å². The summed E-state index contributed by atoms with van der Waals surface area (Å²) in [6.07, 6.45) is 4.25. The van der Waals surface area contributed by atoms with Crippen LogP contribution >= 0.6 is 0 Å². The summed E-state index contributed by atoms with van der Waals surface area (Å²) in [6, 6.07) is 7.86.